The molecule has 0 aliphatic rings. The maximum Gasteiger partial charge on any atom is 0.308 e. The highest BCUT2D eigenvalue weighted by molar-refractivity contribution is 7.73. The Labute approximate surface area is 84.1 Å². The Hall–Kier alpha value is -0.540. The van der Waals surface area contributed by atoms with Gasteiger partial charge in [-0.25, -0.2) is 4.21 Å². The van der Waals surface area contributed by atoms with Crippen molar-refractivity contribution in [3.63, 3.8) is 0 Å². The van der Waals surface area contributed by atoms with Crippen molar-refractivity contribution in [2.75, 3.05) is 13.2 Å². The lowest BCUT2D eigenvalue weighted by Gasteiger charge is -2.07. The van der Waals surface area contributed by atoms with Gasteiger partial charge < -0.3 is 9.29 Å². The van der Waals surface area contributed by atoms with Crippen LogP contribution in [0.5, 0.6) is 0 Å². The van der Waals surface area contributed by atoms with Crippen LogP contribution >= 0.6 is 0 Å². The van der Waals surface area contributed by atoms with Gasteiger partial charge in [-0.3, -0.25) is 4.79 Å². The lowest BCUT2D eigenvalue weighted by molar-refractivity contribution is -0.255. The quantitative estimate of drug-likeness (QED) is 0.204. The Balaban J connectivity index is 3.22. The average molecular weight is 226 g/mol. The topological polar surface area (TPSA) is 96.9 Å². The van der Waals surface area contributed by atoms with Gasteiger partial charge in [0.15, 0.2) is 0 Å². The molecule has 0 bridgehead atoms. The summed E-state index contributed by atoms with van der Waals surface area (Å²) in [6.07, 6.45) is 0. The molecule has 84 valence electrons. The summed E-state index contributed by atoms with van der Waals surface area (Å²) in [5.74, 6) is -0.526. The molecule has 0 fully saturated rings. The van der Waals surface area contributed by atoms with Crippen molar-refractivity contribution in [1.82, 2.24) is 5.48 Å². The first-order chi connectivity index (χ1) is 6.54. The molecule has 0 saturated carbocycles. The molecule has 8 heteroatoms. The van der Waals surface area contributed by atoms with E-state index in [2.05, 4.69) is 14.8 Å². The van der Waals surface area contributed by atoms with Gasteiger partial charge in [0, 0.05) is 0 Å². The molecule has 7 nitrogen and oxygen atoms in total. The predicted molar refractivity (Wildman–Crippen MR) is 44.9 cm³/mol. The molecule has 0 radical (unpaired) electrons. The van der Waals surface area contributed by atoms with Gasteiger partial charge in [0.2, 0.25) is 0 Å². The largest absolute Gasteiger partial charge is 0.747 e. The van der Waals surface area contributed by atoms with E-state index in [1.165, 1.54) is 0 Å². The van der Waals surface area contributed by atoms with Crippen molar-refractivity contribution in [2.24, 2.45) is 5.92 Å². The van der Waals surface area contributed by atoms with E-state index in [0.29, 0.717) is 0 Å². The van der Waals surface area contributed by atoms with E-state index in [-0.39, 0.29) is 25.0 Å². The number of carbonyl (C=O) groups excluding carboxylic acids is 1. The molecule has 0 saturated heterocycles. The highest BCUT2D eigenvalue weighted by Gasteiger charge is 2.06. The second-order valence-corrected chi connectivity index (χ2v) is 3.12. The Morgan fingerprint density at radius 3 is 2.71 bits per heavy atom. The fourth-order valence-electron chi connectivity index (χ4n) is 0.453. The standard InChI is InChI=1S/C6H13NO6S/c1-5(2)6(8)11-4-3-7-12-13-14(9)10/h5,7H,3-4H2,1-2H3,(H,9,10)/p-1. The molecule has 1 atom stereocenters. The summed E-state index contributed by atoms with van der Waals surface area (Å²) in [5, 5.41) is 0. The number of rotatable bonds is 7. The molecule has 0 amide bonds. The monoisotopic (exact) mass is 226 g/mol. The van der Waals surface area contributed by atoms with Crippen molar-refractivity contribution in [1.29, 1.82) is 0 Å². The lowest BCUT2D eigenvalue weighted by atomic mass is 10.2. The smallest absolute Gasteiger partial charge is 0.308 e. The maximum absolute atomic E-state index is 10.9. The Morgan fingerprint density at radius 1 is 1.57 bits per heavy atom. The molecular weight excluding hydrogens is 214 g/mol. The highest BCUT2D eigenvalue weighted by Crippen LogP contribution is 1.94. The Bertz CT molecular complexity index is 197. The normalized spacial score (nSPS) is 12.9. The fourth-order valence-corrected chi connectivity index (χ4v) is 0.557. The molecule has 1 unspecified atom stereocenters. The third kappa shape index (κ3) is 8.08. The molecule has 0 aromatic rings. The van der Waals surface area contributed by atoms with Crippen molar-refractivity contribution < 1.29 is 27.6 Å². The summed E-state index contributed by atoms with van der Waals surface area (Å²) in [7, 11) is 0. The first-order valence-electron chi connectivity index (χ1n) is 3.86. The number of esters is 1. The first kappa shape index (κ1) is 13.5. The third-order valence-corrected chi connectivity index (χ3v) is 1.25. The van der Waals surface area contributed by atoms with E-state index in [4.69, 9.17) is 4.74 Å². The van der Waals surface area contributed by atoms with Crippen LogP contribution in [-0.4, -0.2) is 27.9 Å². The minimum atomic E-state index is -2.73. The van der Waals surface area contributed by atoms with Gasteiger partial charge in [0.05, 0.1) is 12.5 Å². The van der Waals surface area contributed by atoms with E-state index in [9.17, 15) is 13.6 Å². The van der Waals surface area contributed by atoms with Crippen LogP contribution in [0.3, 0.4) is 0 Å². The van der Waals surface area contributed by atoms with Crippen molar-refractivity contribution >= 4 is 17.3 Å². The van der Waals surface area contributed by atoms with Crippen LogP contribution in [0.1, 0.15) is 13.8 Å². The molecule has 0 heterocycles. The number of nitrogens with one attached hydrogen (secondary N) is 1. The minimum absolute atomic E-state index is 0.0753. The summed E-state index contributed by atoms with van der Waals surface area (Å²) >= 11 is -2.73. The summed E-state index contributed by atoms with van der Waals surface area (Å²) in [6, 6.07) is 0. The number of hydrogen-bond donors (Lipinski definition) is 1. The predicted octanol–water partition coefficient (Wildman–Crippen LogP) is -0.568. The zero-order chi connectivity index (χ0) is 11.0. The lowest BCUT2D eigenvalue weighted by Crippen LogP contribution is -2.23. The molecule has 0 rings (SSSR count). The average Bonchev–Trinajstić information content (AvgIpc) is 2.09. The third-order valence-electron chi connectivity index (χ3n) is 1.07. The molecule has 0 aromatic heterocycles. The fraction of sp³-hybridized carbons (Fsp3) is 0.833. The van der Waals surface area contributed by atoms with Crippen LogP contribution in [0, 0.1) is 5.92 Å². The summed E-state index contributed by atoms with van der Waals surface area (Å²) < 4.78 is 27.9. The number of carbonyl (C=O) groups is 1. The first-order valence-corrected chi connectivity index (χ1v) is 4.86. The molecule has 1 N–H and O–H groups in total. The molecule has 0 aromatic carbocycles. The summed E-state index contributed by atoms with van der Waals surface area (Å²) in [5.41, 5.74) is 2.12. The highest BCUT2D eigenvalue weighted by atomic mass is 32.2. The van der Waals surface area contributed by atoms with Crippen molar-refractivity contribution in [3.05, 3.63) is 0 Å². The second kappa shape index (κ2) is 7.83. The van der Waals surface area contributed by atoms with Gasteiger partial charge in [0.25, 0.3) is 0 Å². The van der Waals surface area contributed by atoms with Gasteiger partial charge in [-0.05, 0) is 0 Å². The van der Waals surface area contributed by atoms with E-state index < -0.39 is 11.4 Å². The molecule has 14 heavy (non-hydrogen) atoms. The van der Waals surface area contributed by atoms with Gasteiger partial charge in [-0.15, -0.1) is 9.32 Å². The molecule has 0 aliphatic heterocycles. The van der Waals surface area contributed by atoms with Crippen molar-refractivity contribution in [3.8, 4) is 0 Å². The number of hydrogen-bond acceptors (Lipinski definition) is 7. The van der Waals surface area contributed by atoms with Gasteiger partial charge in [-0.1, -0.05) is 13.8 Å². The zero-order valence-electron chi connectivity index (χ0n) is 7.85. The van der Waals surface area contributed by atoms with E-state index >= 15 is 0 Å². The van der Waals surface area contributed by atoms with E-state index in [0.717, 1.165) is 0 Å². The van der Waals surface area contributed by atoms with Crippen molar-refractivity contribution in [2.45, 2.75) is 13.8 Å². The van der Waals surface area contributed by atoms with Crippen LogP contribution in [0.25, 0.3) is 0 Å². The van der Waals surface area contributed by atoms with Crippen LogP contribution in [-0.2, 0) is 30.2 Å². The summed E-state index contributed by atoms with van der Waals surface area (Å²) in [4.78, 5) is 14.8. The van der Waals surface area contributed by atoms with Gasteiger partial charge >= 0.3 is 5.97 Å². The zero-order valence-corrected chi connectivity index (χ0v) is 8.67. The summed E-state index contributed by atoms with van der Waals surface area (Å²) in [6.45, 7) is 3.62. The SMILES string of the molecule is CC(C)C(=O)OCCNOOS(=O)[O-]. The minimum Gasteiger partial charge on any atom is -0.747 e. The van der Waals surface area contributed by atoms with Crippen LogP contribution < -0.4 is 5.48 Å². The molecular formula is C6H12NO6S-. The van der Waals surface area contributed by atoms with Gasteiger partial charge in [-0.2, -0.15) is 5.48 Å². The number of ether oxygens (including phenoxy) is 1. The molecule has 0 spiro atoms. The second-order valence-electron chi connectivity index (χ2n) is 2.57. The van der Waals surface area contributed by atoms with E-state index in [1.807, 2.05) is 0 Å². The number of hydroxylamine groups is 1. The van der Waals surface area contributed by atoms with E-state index in [1.54, 1.807) is 13.8 Å². The Morgan fingerprint density at radius 2 is 2.21 bits per heavy atom. The Kier molecular flexibility index (Phi) is 7.52. The van der Waals surface area contributed by atoms with Gasteiger partial charge in [0.1, 0.15) is 18.0 Å². The maximum atomic E-state index is 10.9. The van der Waals surface area contributed by atoms with Crippen LogP contribution in [0.15, 0.2) is 0 Å². The molecule has 0 aliphatic carbocycles. The van der Waals surface area contributed by atoms with Crippen LogP contribution in [0.2, 0.25) is 0 Å². The van der Waals surface area contributed by atoms with Crippen LogP contribution in [0.4, 0.5) is 0 Å².